The average molecular weight is 344 g/mol. The molecule has 3 rings (SSSR count). The zero-order valence-electron chi connectivity index (χ0n) is 14.1. The fraction of sp³-hybridized carbons (Fsp3) is 0.350. The van der Waals surface area contributed by atoms with Crippen molar-refractivity contribution >= 4 is 5.84 Å². The number of alkyl halides is 2. The maximum atomic E-state index is 13.2. The van der Waals surface area contributed by atoms with E-state index in [9.17, 15) is 13.9 Å². The van der Waals surface area contributed by atoms with Crippen LogP contribution in [0.5, 0.6) is 0 Å². The molecule has 0 aliphatic heterocycles. The van der Waals surface area contributed by atoms with Crippen LogP contribution in [0.3, 0.4) is 0 Å². The predicted octanol–water partition coefficient (Wildman–Crippen LogP) is 3.61. The molecule has 5 heteroatoms. The molecule has 3 N–H and O–H groups in total. The molecule has 3 nitrogen and oxygen atoms in total. The zero-order valence-corrected chi connectivity index (χ0v) is 14.1. The average Bonchev–Trinajstić information content (AvgIpc) is 3.36. The summed E-state index contributed by atoms with van der Waals surface area (Å²) >= 11 is 0. The summed E-state index contributed by atoms with van der Waals surface area (Å²) in [4.78, 5) is 4.41. The second-order valence-electron chi connectivity index (χ2n) is 6.76. The molecule has 2 aromatic rings. The maximum absolute atomic E-state index is 13.2. The molecule has 0 saturated heterocycles. The van der Waals surface area contributed by atoms with E-state index < -0.39 is 5.92 Å². The van der Waals surface area contributed by atoms with Crippen molar-refractivity contribution in [3.05, 3.63) is 71.3 Å². The van der Waals surface area contributed by atoms with Crippen molar-refractivity contribution in [3.8, 4) is 0 Å². The van der Waals surface area contributed by atoms with Gasteiger partial charge in [0.25, 0.3) is 5.92 Å². The molecule has 0 radical (unpaired) electrons. The van der Waals surface area contributed by atoms with Crippen LogP contribution in [0.25, 0.3) is 0 Å². The first-order valence-electron chi connectivity index (χ1n) is 8.30. The Hall–Kier alpha value is -2.27. The van der Waals surface area contributed by atoms with E-state index >= 15 is 0 Å². The molecule has 1 saturated carbocycles. The van der Waals surface area contributed by atoms with E-state index in [1.807, 2.05) is 30.3 Å². The van der Waals surface area contributed by atoms with Gasteiger partial charge >= 0.3 is 0 Å². The first-order valence-corrected chi connectivity index (χ1v) is 8.30. The number of amidine groups is 1. The van der Waals surface area contributed by atoms with Gasteiger partial charge in [0.1, 0.15) is 0 Å². The minimum Gasteiger partial charge on any atom is -0.395 e. The molecule has 1 fully saturated rings. The molecule has 2 atom stereocenters. The van der Waals surface area contributed by atoms with E-state index in [1.54, 1.807) is 12.1 Å². The van der Waals surface area contributed by atoms with Gasteiger partial charge in [-0.2, -0.15) is 0 Å². The summed E-state index contributed by atoms with van der Waals surface area (Å²) in [5.41, 5.74) is 7.66. The van der Waals surface area contributed by atoms with Gasteiger partial charge in [0.15, 0.2) is 0 Å². The number of aliphatic hydroxyl groups excluding tert-OH is 1. The third-order valence-corrected chi connectivity index (χ3v) is 4.97. The summed E-state index contributed by atoms with van der Waals surface area (Å²) in [7, 11) is 0. The third-order valence-electron chi connectivity index (χ3n) is 4.97. The van der Waals surface area contributed by atoms with E-state index in [0.29, 0.717) is 12.4 Å². The minimum absolute atomic E-state index is 0.0131. The second-order valence-corrected chi connectivity index (χ2v) is 6.76. The molecule has 0 amide bonds. The smallest absolute Gasteiger partial charge is 0.270 e. The van der Waals surface area contributed by atoms with Gasteiger partial charge in [0.05, 0.1) is 19.0 Å². The molecule has 0 heterocycles. The van der Waals surface area contributed by atoms with Crippen molar-refractivity contribution < 1.29 is 13.9 Å². The Morgan fingerprint density at radius 1 is 1.20 bits per heavy atom. The molecule has 2 aromatic carbocycles. The molecule has 0 aromatic heterocycles. The van der Waals surface area contributed by atoms with Gasteiger partial charge in [-0.25, -0.2) is 8.78 Å². The number of hydrogen-bond donors (Lipinski definition) is 2. The van der Waals surface area contributed by atoms with Crippen molar-refractivity contribution in [1.29, 1.82) is 0 Å². The molecule has 1 aliphatic carbocycles. The number of halogens is 2. The van der Waals surface area contributed by atoms with Crippen molar-refractivity contribution in [2.24, 2.45) is 16.6 Å². The number of benzene rings is 2. The molecular weight excluding hydrogens is 322 g/mol. The SMILES string of the molecule is CC(F)(F)c1ccc(CN=C(N)C2CC2(CO)c2ccccc2)cc1. The van der Waals surface area contributed by atoms with Gasteiger partial charge in [-0.05, 0) is 17.5 Å². The summed E-state index contributed by atoms with van der Waals surface area (Å²) in [6.45, 7) is 1.25. The molecule has 25 heavy (non-hydrogen) atoms. The molecule has 0 bridgehead atoms. The first kappa shape index (κ1) is 17.5. The lowest BCUT2D eigenvalue weighted by atomic mass is 9.94. The van der Waals surface area contributed by atoms with E-state index in [4.69, 9.17) is 5.73 Å². The third kappa shape index (κ3) is 3.56. The predicted molar refractivity (Wildman–Crippen MR) is 94.6 cm³/mol. The van der Waals surface area contributed by atoms with Crippen molar-refractivity contribution in [2.75, 3.05) is 6.61 Å². The van der Waals surface area contributed by atoms with Crippen LogP contribution in [-0.4, -0.2) is 17.5 Å². The number of nitrogens with zero attached hydrogens (tertiary/aromatic N) is 1. The Morgan fingerprint density at radius 3 is 2.40 bits per heavy atom. The van der Waals surface area contributed by atoms with Gasteiger partial charge in [-0.15, -0.1) is 0 Å². The van der Waals surface area contributed by atoms with Gasteiger partial charge in [0, 0.05) is 23.8 Å². The monoisotopic (exact) mass is 344 g/mol. The first-order chi connectivity index (χ1) is 11.9. The van der Waals surface area contributed by atoms with Gasteiger partial charge in [-0.3, -0.25) is 4.99 Å². The summed E-state index contributed by atoms with van der Waals surface area (Å²) in [5, 5.41) is 9.84. The van der Waals surface area contributed by atoms with E-state index in [2.05, 4.69) is 4.99 Å². The largest absolute Gasteiger partial charge is 0.395 e. The Balaban J connectivity index is 1.69. The molecule has 0 spiro atoms. The number of aliphatic imine (C=N–C) groups is 1. The molecule has 132 valence electrons. The normalized spacial score (nSPS) is 23.5. The quantitative estimate of drug-likeness (QED) is 0.621. The molecule has 1 aliphatic rings. The Labute approximate surface area is 146 Å². The highest BCUT2D eigenvalue weighted by molar-refractivity contribution is 5.88. The van der Waals surface area contributed by atoms with Crippen molar-refractivity contribution in [2.45, 2.75) is 31.2 Å². The van der Waals surface area contributed by atoms with E-state index in [-0.39, 0.29) is 23.5 Å². The highest BCUT2D eigenvalue weighted by Crippen LogP contribution is 2.54. The van der Waals surface area contributed by atoms with E-state index in [0.717, 1.165) is 24.5 Å². The lowest BCUT2D eigenvalue weighted by Crippen LogP contribution is -2.24. The summed E-state index contributed by atoms with van der Waals surface area (Å²) in [6.07, 6.45) is 0.768. The minimum atomic E-state index is -2.84. The fourth-order valence-corrected chi connectivity index (χ4v) is 3.24. The van der Waals surface area contributed by atoms with Gasteiger partial charge < -0.3 is 10.8 Å². The van der Waals surface area contributed by atoms with Crippen molar-refractivity contribution in [1.82, 2.24) is 0 Å². The molecular formula is C20H22F2N2O. The van der Waals surface area contributed by atoms with Crippen LogP contribution in [0, 0.1) is 5.92 Å². The molecule has 2 unspecified atom stereocenters. The second kappa shape index (κ2) is 6.56. The van der Waals surface area contributed by atoms with Crippen molar-refractivity contribution in [3.63, 3.8) is 0 Å². The summed E-state index contributed by atoms with van der Waals surface area (Å²) in [6, 6.07) is 15.9. The van der Waals surface area contributed by atoms with Gasteiger partial charge in [0.2, 0.25) is 0 Å². The topological polar surface area (TPSA) is 58.6 Å². The van der Waals surface area contributed by atoms with Crippen LogP contribution >= 0.6 is 0 Å². The van der Waals surface area contributed by atoms with Crippen LogP contribution < -0.4 is 5.73 Å². The van der Waals surface area contributed by atoms with Gasteiger partial charge in [-0.1, -0.05) is 54.6 Å². The van der Waals surface area contributed by atoms with Crippen LogP contribution in [0.15, 0.2) is 59.6 Å². The lowest BCUT2D eigenvalue weighted by molar-refractivity contribution is 0.0174. The number of rotatable bonds is 6. The Kier molecular flexibility index (Phi) is 4.60. The maximum Gasteiger partial charge on any atom is 0.270 e. The number of hydrogen-bond acceptors (Lipinski definition) is 2. The summed E-state index contributed by atoms with van der Waals surface area (Å²) in [5.74, 6) is -2.33. The Morgan fingerprint density at radius 2 is 1.84 bits per heavy atom. The summed E-state index contributed by atoms with van der Waals surface area (Å²) < 4.78 is 26.5. The van der Waals surface area contributed by atoms with Crippen LogP contribution in [0.4, 0.5) is 8.78 Å². The number of nitrogens with two attached hydrogens (primary N) is 1. The fourth-order valence-electron chi connectivity index (χ4n) is 3.24. The lowest BCUT2D eigenvalue weighted by Gasteiger charge is -2.15. The highest BCUT2D eigenvalue weighted by Gasteiger charge is 2.56. The standard InChI is InChI=1S/C20H22F2N2O/c1-19(21,22)15-9-7-14(8-10-15)12-24-18(23)17-11-20(17,13-25)16-5-3-2-4-6-16/h2-10,17,25H,11-13H2,1H3,(H2,23,24). The van der Waals surface area contributed by atoms with Crippen LogP contribution in [0.2, 0.25) is 0 Å². The highest BCUT2D eigenvalue weighted by atomic mass is 19.3. The zero-order chi connectivity index (χ0) is 18.1. The number of aliphatic hydroxyl groups is 1. The van der Waals surface area contributed by atoms with Crippen LogP contribution in [0.1, 0.15) is 30.0 Å². The van der Waals surface area contributed by atoms with Crippen LogP contribution in [-0.2, 0) is 17.9 Å². The van der Waals surface area contributed by atoms with E-state index in [1.165, 1.54) is 12.1 Å². The Bertz CT molecular complexity index is 754.